The molecule has 2 radical (unpaired) electrons. The van der Waals surface area contributed by atoms with Crippen LogP contribution in [0.4, 0.5) is 0 Å². The van der Waals surface area contributed by atoms with Crippen LogP contribution in [0.2, 0.25) is 0 Å². The maximum Gasteiger partial charge on any atom is 0.133 e. The molecule has 64 valence electrons. The van der Waals surface area contributed by atoms with Gasteiger partial charge in [0.2, 0.25) is 0 Å². The lowest BCUT2D eigenvalue weighted by atomic mass is 9.90. The Balaban J connectivity index is 2.35. The van der Waals surface area contributed by atoms with Gasteiger partial charge in [-0.3, -0.25) is 4.79 Å². The van der Waals surface area contributed by atoms with Crippen LogP contribution >= 0.6 is 0 Å². The third-order valence-electron chi connectivity index (χ3n) is 2.58. The van der Waals surface area contributed by atoms with Crippen LogP contribution in [0, 0.1) is 0 Å². The molecule has 0 atom stereocenters. The van der Waals surface area contributed by atoms with Gasteiger partial charge < -0.3 is 0 Å². The quantitative estimate of drug-likeness (QED) is 0.418. The predicted octanol–water partition coefficient (Wildman–Crippen LogP) is 0.928. The van der Waals surface area contributed by atoms with Crippen LogP contribution in [0.25, 0.3) is 0 Å². The number of benzene rings is 1. The molecule has 13 heavy (non-hydrogen) atoms. The fourth-order valence-corrected chi connectivity index (χ4v) is 1.80. The van der Waals surface area contributed by atoms with Crippen molar-refractivity contribution in [2.24, 2.45) is 0 Å². The van der Waals surface area contributed by atoms with Crippen molar-refractivity contribution in [3.8, 4) is 0 Å². The highest BCUT2D eigenvalue weighted by atomic mass is 16.1. The van der Waals surface area contributed by atoms with Crippen molar-refractivity contribution in [2.75, 3.05) is 0 Å². The Labute approximate surface area is 79.6 Å². The number of ketones is 1. The van der Waals surface area contributed by atoms with E-state index in [1.807, 2.05) is 18.2 Å². The minimum atomic E-state index is 0.370. The van der Waals surface area contributed by atoms with Crippen molar-refractivity contribution < 1.29 is 4.79 Å². The molecule has 2 rings (SSSR count). The highest BCUT2D eigenvalue weighted by Gasteiger charge is 2.12. The third kappa shape index (κ3) is 1.82. The average Bonchev–Trinajstić information content (AvgIpc) is 2.29. The summed E-state index contributed by atoms with van der Waals surface area (Å²) in [7, 11) is 5.68. The zero-order valence-electron chi connectivity index (χ0n) is 7.55. The zero-order valence-corrected chi connectivity index (χ0v) is 7.55. The van der Waals surface area contributed by atoms with E-state index in [0.717, 1.165) is 18.3 Å². The number of Topliss-reactive ketones (excluding diaryl/α,β-unsaturated/α-hetero) is 1. The Morgan fingerprint density at radius 1 is 1.00 bits per heavy atom. The zero-order chi connectivity index (χ0) is 9.26. The topological polar surface area (TPSA) is 17.1 Å². The standard InChI is InChI=1S/C11H11BO/c12-10-4-1-8-2-5-11(13)6-3-9(8)7-10/h1,4,7H,2-3,5-6H2. The van der Waals surface area contributed by atoms with Crippen LogP contribution < -0.4 is 5.46 Å². The van der Waals surface area contributed by atoms with E-state index >= 15 is 0 Å². The monoisotopic (exact) mass is 170 g/mol. The fraction of sp³-hybridized carbons (Fsp3) is 0.364. The van der Waals surface area contributed by atoms with Crippen molar-refractivity contribution in [1.82, 2.24) is 0 Å². The summed E-state index contributed by atoms with van der Waals surface area (Å²) < 4.78 is 0. The Morgan fingerprint density at radius 2 is 1.69 bits per heavy atom. The van der Waals surface area contributed by atoms with Crippen molar-refractivity contribution in [3.63, 3.8) is 0 Å². The molecule has 0 spiro atoms. The van der Waals surface area contributed by atoms with Gasteiger partial charge in [-0.15, -0.1) is 0 Å². The SMILES string of the molecule is [B]c1ccc2c(c1)CCC(=O)CC2. The van der Waals surface area contributed by atoms with E-state index in [1.54, 1.807) is 0 Å². The van der Waals surface area contributed by atoms with Crippen LogP contribution in [0.5, 0.6) is 0 Å². The highest BCUT2D eigenvalue weighted by molar-refractivity contribution is 6.32. The lowest BCUT2D eigenvalue weighted by Gasteiger charge is -2.05. The Bertz CT molecular complexity index is 344. The molecule has 0 N–H and O–H groups in total. The largest absolute Gasteiger partial charge is 0.300 e. The van der Waals surface area contributed by atoms with E-state index in [9.17, 15) is 4.79 Å². The summed E-state index contributed by atoms with van der Waals surface area (Å²) in [6.07, 6.45) is 3.11. The van der Waals surface area contributed by atoms with Crippen molar-refractivity contribution >= 4 is 19.1 Å². The van der Waals surface area contributed by atoms with Crippen molar-refractivity contribution in [1.29, 1.82) is 0 Å². The summed E-state index contributed by atoms with van der Waals surface area (Å²) >= 11 is 0. The number of rotatable bonds is 0. The first-order valence-corrected chi connectivity index (χ1v) is 4.65. The second kappa shape index (κ2) is 3.37. The van der Waals surface area contributed by atoms with E-state index < -0.39 is 0 Å². The smallest absolute Gasteiger partial charge is 0.133 e. The molecule has 0 saturated heterocycles. The molecule has 0 aliphatic heterocycles. The van der Waals surface area contributed by atoms with Gasteiger partial charge in [-0.2, -0.15) is 0 Å². The lowest BCUT2D eigenvalue weighted by Crippen LogP contribution is -2.04. The molecule has 0 amide bonds. The van der Waals surface area contributed by atoms with E-state index in [1.165, 1.54) is 11.1 Å². The summed E-state index contributed by atoms with van der Waals surface area (Å²) in [5.41, 5.74) is 3.35. The summed E-state index contributed by atoms with van der Waals surface area (Å²) in [4.78, 5) is 11.2. The van der Waals surface area contributed by atoms with Gasteiger partial charge in [-0.1, -0.05) is 23.7 Å². The maximum absolute atomic E-state index is 11.2. The molecular weight excluding hydrogens is 159 g/mol. The molecular formula is C11H11BO. The lowest BCUT2D eigenvalue weighted by molar-refractivity contribution is -0.118. The molecule has 2 heteroatoms. The van der Waals surface area contributed by atoms with Gasteiger partial charge in [-0.05, 0) is 24.0 Å². The molecule has 0 bridgehead atoms. The van der Waals surface area contributed by atoms with Gasteiger partial charge in [0.15, 0.2) is 0 Å². The Kier molecular flexibility index (Phi) is 2.21. The number of hydrogen-bond donors (Lipinski definition) is 0. The van der Waals surface area contributed by atoms with E-state index in [-0.39, 0.29) is 0 Å². The van der Waals surface area contributed by atoms with Crippen molar-refractivity contribution in [3.05, 3.63) is 29.3 Å². The fourth-order valence-electron chi connectivity index (χ4n) is 1.80. The van der Waals surface area contributed by atoms with Crippen molar-refractivity contribution in [2.45, 2.75) is 25.7 Å². The molecule has 0 aromatic heterocycles. The summed E-state index contributed by atoms with van der Waals surface area (Å²) in [6.45, 7) is 0. The van der Waals surface area contributed by atoms with Gasteiger partial charge in [0.25, 0.3) is 0 Å². The number of hydrogen-bond acceptors (Lipinski definition) is 1. The van der Waals surface area contributed by atoms with E-state index in [4.69, 9.17) is 7.85 Å². The number of fused-ring (bicyclic) bond motifs is 1. The van der Waals surface area contributed by atoms with Gasteiger partial charge >= 0.3 is 0 Å². The molecule has 1 aromatic rings. The van der Waals surface area contributed by atoms with Crippen LogP contribution in [0.15, 0.2) is 18.2 Å². The van der Waals surface area contributed by atoms with Crippen LogP contribution in [-0.2, 0) is 17.6 Å². The highest BCUT2D eigenvalue weighted by Crippen LogP contribution is 2.17. The number of carbonyl (C=O) groups is 1. The normalized spacial score (nSPS) is 16.5. The molecule has 1 aliphatic rings. The Hall–Kier alpha value is -1.05. The first-order chi connectivity index (χ1) is 6.25. The second-order valence-corrected chi connectivity index (χ2v) is 3.57. The van der Waals surface area contributed by atoms with Crippen LogP contribution in [0.3, 0.4) is 0 Å². The van der Waals surface area contributed by atoms with Gasteiger partial charge in [0, 0.05) is 12.8 Å². The third-order valence-corrected chi connectivity index (χ3v) is 2.58. The molecule has 1 aliphatic carbocycles. The van der Waals surface area contributed by atoms with Crippen LogP contribution in [0.1, 0.15) is 24.0 Å². The summed E-state index contributed by atoms with van der Waals surface area (Å²) in [5, 5.41) is 0. The minimum Gasteiger partial charge on any atom is -0.300 e. The molecule has 0 heterocycles. The minimum absolute atomic E-state index is 0.370. The van der Waals surface area contributed by atoms with Gasteiger partial charge in [0.05, 0.1) is 0 Å². The molecule has 0 fully saturated rings. The predicted molar refractivity (Wildman–Crippen MR) is 53.5 cm³/mol. The number of carbonyl (C=O) groups excluding carboxylic acids is 1. The molecule has 0 saturated carbocycles. The summed E-state index contributed by atoms with van der Waals surface area (Å²) in [6, 6.07) is 5.95. The summed E-state index contributed by atoms with van der Waals surface area (Å²) in [5.74, 6) is 0.370. The first kappa shape index (κ1) is 8.55. The molecule has 0 unspecified atom stereocenters. The number of aryl methyl sites for hydroxylation is 2. The molecule has 1 aromatic carbocycles. The maximum atomic E-state index is 11.2. The average molecular weight is 170 g/mol. The first-order valence-electron chi connectivity index (χ1n) is 4.65. The molecule has 1 nitrogen and oxygen atoms in total. The van der Waals surface area contributed by atoms with E-state index in [2.05, 4.69) is 0 Å². The van der Waals surface area contributed by atoms with Gasteiger partial charge in [0.1, 0.15) is 13.6 Å². The van der Waals surface area contributed by atoms with E-state index in [0.29, 0.717) is 18.6 Å². The Morgan fingerprint density at radius 3 is 2.46 bits per heavy atom. The second-order valence-electron chi connectivity index (χ2n) is 3.57. The van der Waals surface area contributed by atoms with Gasteiger partial charge in [-0.25, -0.2) is 0 Å². The van der Waals surface area contributed by atoms with Crippen LogP contribution in [-0.4, -0.2) is 13.6 Å².